The lowest BCUT2D eigenvalue weighted by Crippen LogP contribution is -2.45. The van der Waals surface area contributed by atoms with Gasteiger partial charge in [0.15, 0.2) is 0 Å². The number of aryl methyl sites for hydroxylation is 2. The Labute approximate surface area is 158 Å². The topological polar surface area (TPSA) is 50.2 Å². The molecule has 146 valence electrons. The highest BCUT2D eigenvalue weighted by atomic mass is 19.1. The second kappa shape index (κ2) is 8.97. The van der Waals surface area contributed by atoms with E-state index in [-0.39, 0.29) is 6.03 Å². The van der Waals surface area contributed by atoms with Crippen molar-refractivity contribution in [3.63, 3.8) is 0 Å². The van der Waals surface area contributed by atoms with E-state index in [9.17, 15) is 13.6 Å². The van der Waals surface area contributed by atoms with Gasteiger partial charge in [0.1, 0.15) is 11.6 Å². The van der Waals surface area contributed by atoms with Gasteiger partial charge in [-0.3, -0.25) is 0 Å². The van der Waals surface area contributed by atoms with Crippen LogP contribution in [0.1, 0.15) is 30.5 Å². The first kappa shape index (κ1) is 19.3. The number of likely N-dealkylation sites (tertiary alicyclic amines) is 1. The molecule has 0 atom stereocenters. The molecule has 0 aliphatic carbocycles. The summed E-state index contributed by atoms with van der Waals surface area (Å²) < 4.78 is 28.6. The summed E-state index contributed by atoms with van der Waals surface area (Å²) >= 11 is 0. The van der Waals surface area contributed by atoms with Crippen LogP contribution in [-0.4, -0.2) is 40.1 Å². The number of piperidine rings is 1. The number of hydrogen-bond acceptors (Lipinski definition) is 2. The SMILES string of the molecule is Cn1cnc(CCNC(=O)N2CCC(CCc3ccc(F)cc3F)CC2)c1. The van der Waals surface area contributed by atoms with Crippen molar-refractivity contribution in [3.8, 4) is 0 Å². The highest BCUT2D eigenvalue weighted by Crippen LogP contribution is 2.23. The maximum absolute atomic E-state index is 13.7. The van der Waals surface area contributed by atoms with Crippen LogP contribution in [0.5, 0.6) is 0 Å². The summed E-state index contributed by atoms with van der Waals surface area (Å²) in [4.78, 5) is 18.3. The minimum atomic E-state index is -0.543. The average molecular weight is 376 g/mol. The Balaban J connectivity index is 1.36. The quantitative estimate of drug-likeness (QED) is 0.841. The Morgan fingerprint density at radius 2 is 2.04 bits per heavy atom. The molecular weight excluding hydrogens is 350 g/mol. The smallest absolute Gasteiger partial charge is 0.317 e. The number of benzene rings is 1. The van der Waals surface area contributed by atoms with Crippen LogP contribution in [0.4, 0.5) is 13.6 Å². The van der Waals surface area contributed by atoms with Crippen molar-refractivity contribution in [2.75, 3.05) is 19.6 Å². The van der Waals surface area contributed by atoms with Gasteiger partial charge in [-0.05, 0) is 43.2 Å². The van der Waals surface area contributed by atoms with Crippen LogP contribution in [-0.2, 0) is 19.9 Å². The molecule has 1 fully saturated rings. The number of halogens is 2. The van der Waals surface area contributed by atoms with E-state index in [4.69, 9.17) is 0 Å². The van der Waals surface area contributed by atoms with E-state index >= 15 is 0 Å². The van der Waals surface area contributed by atoms with Gasteiger partial charge >= 0.3 is 6.03 Å². The van der Waals surface area contributed by atoms with Gasteiger partial charge in [-0.2, -0.15) is 0 Å². The zero-order chi connectivity index (χ0) is 19.2. The van der Waals surface area contributed by atoms with Gasteiger partial charge < -0.3 is 14.8 Å². The molecule has 0 bridgehead atoms. The number of imidazole rings is 1. The van der Waals surface area contributed by atoms with Crippen molar-refractivity contribution in [1.29, 1.82) is 0 Å². The molecule has 2 amide bonds. The number of carbonyl (C=O) groups excluding carboxylic acids is 1. The lowest BCUT2D eigenvalue weighted by Gasteiger charge is -2.32. The van der Waals surface area contributed by atoms with Crippen LogP contribution >= 0.6 is 0 Å². The first-order valence-corrected chi connectivity index (χ1v) is 9.45. The maximum atomic E-state index is 13.7. The van der Waals surface area contributed by atoms with Crippen LogP contribution in [0.2, 0.25) is 0 Å². The minimum absolute atomic E-state index is 0.0334. The zero-order valence-electron chi connectivity index (χ0n) is 15.6. The van der Waals surface area contributed by atoms with Crippen molar-refractivity contribution < 1.29 is 13.6 Å². The van der Waals surface area contributed by atoms with Crippen LogP contribution in [0.3, 0.4) is 0 Å². The summed E-state index contributed by atoms with van der Waals surface area (Å²) in [6, 6.07) is 3.73. The maximum Gasteiger partial charge on any atom is 0.317 e. The largest absolute Gasteiger partial charge is 0.340 e. The van der Waals surface area contributed by atoms with Crippen LogP contribution in [0.15, 0.2) is 30.7 Å². The molecule has 0 unspecified atom stereocenters. The van der Waals surface area contributed by atoms with Crippen LogP contribution < -0.4 is 5.32 Å². The fourth-order valence-corrected chi connectivity index (χ4v) is 3.51. The van der Waals surface area contributed by atoms with Gasteiger partial charge in [0.05, 0.1) is 12.0 Å². The monoisotopic (exact) mass is 376 g/mol. The number of hydrogen-bond donors (Lipinski definition) is 1. The summed E-state index contributed by atoms with van der Waals surface area (Å²) in [5.74, 6) is -0.551. The molecule has 3 rings (SSSR count). The second-order valence-corrected chi connectivity index (χ2v) is 7.22. The number of urea groups is 1. The summed E-state index contributed by atoms with van der Waals surface area (Å²) in [5, 5.41) is 2.95. The van der Waals surface area contributed by atoms with Gasteiger partial charge in [-0.1, -0.05) is 6.07 Å². The molecule has 1 aliphatic rings. The number of nitrogens with zero attached hydrogens (tertiary/aromatic N) is 3. The van der Waals surface area contributed by atoms with Gasteiger partial charge in [0.25, 0.3) is 0 Å². The number of amides is 2. The predicted molar refractivity (Wildman–Crippen MR) is 99.3 cm³/mol. The van der Waals surface area contributed by atoms with E-state index in [0.717, 1.165) is 31.0 Å². The van der Waals surface area contributed by atoms with E-state index < -0.39 is 11.6 Å². The van der Waals surface area contributed by atoms with Crippen molar-refractivity contribution in [1.82, 2.24) is 19.8 Å². The third-order valence-corrected chi connectivity index (χ3v) is 5.15. The van der Waals surface area contributed by atoms with Crippen molar-refractivity contribution in [3.05, 3.63) is 53.6 Å². The Bertz CT molecular complexity index is 769. The molecule has 1 aliphatic heterocycles. The lowest BCUT2D eigenvalue weighted by atomic mass is 9.90. The summed E-state index contributed by atoms with van der Waals surface area (Å²) in [7, 11) is 1.92. The third-order valence-electron chi connectivity index (χ3n) is 5.15. The molecule has 0 spiro atoms. The molecule has 0 radical (unpaired) electrons. The fourth-order valence-electron chi connectivity index (χ4n) is 3.51. The molecule has 27 heavy (non-hydrogen) atoms. The Hall–Kier alpha value is -2.44. The Morgan fingerprint density at radius 3 is 2.70 bits per heavy atom. The molecule has 1 aromatic heterocycles. The zero-order valence-corrected chi connectivity index (χ0v) is 15.6. The molecule has 1 N–H and O–H groups in total. The van der Waals surface area contributed by atoms with E-state index in [1.807, 2.05) is 22.7 Å². The van der Waals surface area contributed by atoms with Gasteiger partial charge in [0.2, 0.25) is 0 Å². The van der Waals surface area contributed by atoms with Gasteiger partial charge in [0, 0.05) is 45.4 Å². The molecule has 1 saturated heterocycles. The fraction of sp³-hybridized carbons (Fsp3) is 0.500. The number of rotatable bonds is 6. The summed E-state index contributed by atoms with van der Waals surface area (Å²) in [5.41, 5.74) is 1.52. The Kier molecular flexibility index (Phi) is 6.42. The van der Waals surface area contributed by atoms with Crippen LogP contribution in [0.25, 0.3) is 0 Å². The second-order valence-electron chi connectivity index (χ2n) is 7.22. The van der Waals surface area contributed by atoms with Crippen molar-refractivity contribution >= 4 is 6.03 Å². The van der Waals surface area contributed by atoms with E-state index in [0.29, 0.717) is 44.0 Å². The number of nitrogens with one attached hydrogen (secondary N) is 1. The first-order valence-electron chi connectivity index (χ1n) is 9.45. The van der Waals surface area contributed by atoms with E-state index in [1.165, 1.54) is 12.1 Å². The van der Waals surface area contributed by atoms with E-state index in [1.54, 1.807) is 6.33 Å². The molecule has 1 aromatic carbocycles. The highest BCUT2D eigenvalue weighted by molar-refractivity contribution is 5.74. The molecule has 0 saturated carbocycles. The summed E-state index contributed by atoms with van der Waals surface area (Å²) in [6.07, 6.45) is 7.70. The first-order chi connectivity index (χ1) is 13.0. The minimum Gasteiger partial charge on any atom is -0.340 e. The normalized spacial score (nSPS) is 15.1. The van der Waals surface area contributed by atoms with E-state index in [2.05, 4.69) is 10.3 Å². The summed E-state index contributed by atoms with van der Waals surface area (Å²) in [6.45, 7) is 2.00. The third kappa shape index (κ3) is 5.52. The Morgan fingerprint density at radius 1 is 1.26 bits per heavy atom. The van der Waals surface area contributed by atoms with Crippen molar-refractivity contribution in [2.45, 2.75) is 32.1 Å². The standard InChI is InChI=1S/C20H26F2N4O/c1-25-13-18(24-14-25)6-9-23-20(27)26-10-7-15(8-11-26)2-3-16-4-5-17(21)12-19(16)22/h4-5,12-15H,2-3,6-11H2,1H3,(H,23,27). The average Bonchev–Trinajstić information content (AvgIpc) is 3.06. The van der Waals surface area contributed by atoms with Crippen LogP contribution in [0, 0.1) is 17.6 Å². The molecule has 2 heterocycles. The highest BCUT2D eigenvalue weighted by Gasteiger charge is 2.22. The molecule has 5 nitrogen and oxygen atoms in total. The van der Waals surface area contributed by atoms with Gasteiger partial charge in [-0.15, -0.1) is 0 Å². The molecular formula is C20H26F2N4O. The number of aromatic nitrogens is 2. The van der Waals surface area contributed by atoms with Crippen molar-refractivity contribution in [2.24, 2.45) is 13.0 Å². The molecule has 2 aromatic rings. The number of carbonyl (C=O) groups is 1. The molecule has 7 heteroatoms. The predicted octanol–water partition coefficient (Wildman–Crippen LogP) is 3.30. The van der Waals surface area contributed by atoms with Gasteiger partial charge in [-0.25, -0.2) is 18.6 Å². The lowest BCUT2D eigenvalue weighted by molar-refractivity contribution is 0.168.